The Bertz CT molecular complexity index is 258. The molecule has 2 atom stereocenters. The summed E-state index contributed by atoms with van der Waals surface area (Å²) in [6.07, 6.45) is 12.8. The van der Waals surface area contributed by atoms with Gasteiger partial charge in [-0.2, -0.15) is 0 Å². The van der Waals surface area contributed by atoms with Gasteiger partial charge in [-0.3, -0.25) is 4.90 Å². The van der Waals surface area contributed by atoms with Crippen molar-refractivity contribution in [2.24, 2.45) is 5.92 Å². The Morgan fingerprint density at radius 3 is 2.30 bits per heavy atom. The monoisotopic (exact) mass is 280 g/mol. The van der Waals surface area contributed by atoms with E-state index in [2.05, 4.69) is 31.0 Å². The van der Waals surface area contributed by atoms with E-state index >= 15 is 0 Å². The molecule has 2 unspecified atom stereocenters. The molecule has 118 valence electrons. The highest BCUT2D eigenvalue weighted by atomic mass is 15.2. The number of hydrogen-bond acceptors (Lipinski definition) is 2. The third-order valence-electron chi connectivity index (χ3n) is 5.18. The van der Waals surface area contributed by atoms with Crippen molar-refractivity contribution in [2.45, 2.75) is 96.7 Å². The second-order valence-corrected chi connectivity index (χ2v) is 7.44. The van der Waals surface area contributed by atoms with E-state index in [0.29, 0.717) is 0 Å². The zero-order valence-corrected chi connectivity index (χ0v) is 14.0. The lowest BCUT2D eigenvalue weighted by Crippen LogP contribution is -2.55. The fraction of sp³-hybridized carbons (Fsp3) is 1.00. The van der Waals surface area contributed by atoms with Gasteiger partial charge < -0.3 is 5.32 Å². The first kappa shape index (κ1) is 16.3. The Hall–Kier alpha value is -0.0800. The fourth-order valence-electron chi connectivity index (χ4n) is 4.29. The van der Waals surface area contributed by atoms with Crippen molar-refractivity contribution in [3.63, 3.8) is 0 Å². The minimum atomic E-state index is 0.753. The molecule has 2 rings (SSSR count). The smallest absolute Gasteiger partial charge is 0.0252 e. The summed E-state index contributed by atoms with van der Waals surface area (Å²) >= 11 is 0. The molecule has 0 spiro atoms. The van der Waals surface area contributed by atoms with Crippen LogP contribution in [0.5, 0.6) is 0 Å². The molecule has 2 nitrogen and oxygen atoms in total. The van der Waals surface area contributed by atoms with Crippen LogP contribution in [0.2, 0.25) is 0 Å². The first-order valence-electron chi connectivity index (χ1n) is 9.21. The number of rotatable bonds is 7. The van der Waals surface area contributed by atoms with Gasteiger partial charge in [-0.1, -0.05) is 46.5 Å². The summed E-state index contributed by atoms with van der Waals surface area (Å²) in [4.78, 5) is 2.92. The zero-order valence-electron chi connectivity index (χ0n) is 14.0. The van der Waals surface area contributed by atoms with E-state index < -0.39 is 0 Å². The highest BCUT2D eigenvalue weighted by Gasteiger charge is 2.34. The van der Waals surface area contributed by atoms with Crippen LogP contribution in [0.4, 0.5) is 0 Å². The summed E-state index contributed by atoms with van der Waals surface area (Å²) in [5.74, 6) is 0.796. The molecule has 1 N–H and O–H groups in total. The number of hydrogen-bond donors (Lipinski definition) is 1. The summed E-state index contributed by atoms with van der Waals surface area (Å²) in [6.45, 7) is 9.56. The molecular formula is C18H36N2. The van der Waals surface area contributed by atoms with E-state index in [0.717, 1.165) is 24.0 Å². The molecule has 2 fully saturated rings. The first-order chi connectivity index (χ1) is 9.72. The van der Waals surface area contributed by atoms with Crippen LogP contribution < -0.4 is 5.32 Å². The molecule has 0 aliphatic heterocycles. The van der Waals surface area contributed by atoms with Gasteiger partial charge >= 0.3 is 0 Å². The summed E-state index contributed by atoms with van der Waals surface area (Å²) in [7, 11) is 0. The van der Waals surface area contributed by atoms with E-state index in [4.69, 9.17) is 0 Å². The molecule has 0 aromatic rings. The van der Waals surface area contributed by atoms with Crippen molar-refractivity contribution in [2.75, 3.05) is 13.1 Å². The highest BCUT2D eigenvalue weighted by molar-refractivity contribution is 4.92. The van der Waals surface area contributed by atoms with E-state index in [1.54, 1.807) is 0 Å². The van der Waals surface area contributed by atoms with Crippen LogP contribution in [0, 0.1) is 5.92 Å². The molecule has 0 amide bonds. The second kappa shape index (κ2) is 8.38. The van der Waals surface area contributed by atoms with E-state index in [1.165, 1.54) is 70.9 Å². The molecule has 0 radical (unpaired) electrons. The van der Waals surface area contributed by atoms with E-state index in [-0.39, 0.29) is 0 Å². The van der Waals surface area contributed by atoms with Crippen LogP contribution in [-0.4, -0.2) is 36.1 Å². The van der Waals surface area contributed by atoms with E-state index in [9.17, 15) is 0 Å². The summed E-state index contributed by atoms with van der Waals surface area (Å²) in [6, 6.07) is 2.44. The Balaban J connectivity index is 2.02. The van der Waals surface area contributed by atoms with Crippen molar-refractivity contribution in [1.29, 1.82) is 0 Å². The third kappa shape index (κ3) is 4.46. The maximum Gasteiger partial charge on any atom is 0.0252 e. The standard InChI is InChI=1S/C18H36N2/c1-4-13-19-17-11-7-8-12-18(17)20(14-15(2)3)16-9-5-6-10-16/h15-19H,4-14H2,1-3H3. The molecule has 2 aliphatic carbocycles. The Labute approximate surface area is 126 Å². The predicted octanol–water partition coefficient (Wildman–Crippen LogP) is 4.20. The van der Waals surface area contributed by atoms with Gasteiger partial charge in [0.05, 0.1) is 0 Å². The van der Waals surface area contributed by atoms with Gasteiger partial charge in [0.15, 0.2) is 0 Å². The van der Waals surface area contributed by atoms with Crippen molar-refractivity contribution in [3.05, 3.63) is 0 Å². The van der Waals surface area contributed by atoms with Gasteiger partial charge in [-0.25, -0.2) is 0 Å². The summed E-state index contributed by atoms with van der Waals surface area (Å²) in [5.41, 5.74) is 0. The highest BCUT2D eigenvalue weighted by Crippen LogP contribution is 2.31. The van der Waals surface area contributed by atoms with Gasteiger partial charge in [-0.15, -0.1) is 0 Å². The second-order valence-electron chi connectivity index (χ2n) is 7.44. The zero-order chi connectivity index (χ0) is 14.4. The van der Waals surface area contributed by atoms with Crippen LogP contribution in [0.15, 0.2) is 0 Å². The molecule has 2 heteroatoms. The molecule has 0 saturated heterocycles. The van der Waals surface area contributed by atoms with Crippen LogP contribution in [-0.2, 0) is 0 Å². The molecule has 2 saturated carbocycles. The van der Waals surface area contributed by atoms with Gasteiger partial charge in [0.1, 0.15) is 0 Å². The lowest BCUT2D eigenvalue weighted by Gasteiger charge is -2.44. The predicted molar refractivity (Wildman–Crippen MR) is 88.1 cm³/mol. The molecule has 2 aliphatic rings. The average molecular weight is 281 g/mol. The fourth-order valence-corrected chi connectivity index (χ4v) is 4.29. The van der Waals surface area contributed by atoms with Gasteiger partial charge in [0.25, 0.3) is 0 Å². The molecule has 0 aromatic carbocycles. The number of nitrogens with zero attached hydrogens (tertiary/aromatic N) is 1. The lowest BCUT2D eigenvalue weighted by molar-refractivity contribution is 0.0683. The minimum absolute atomic E-state index is 0.753. The molecule has 0 bridgehead atoms. The molecular weight excluding hydrogens is 244 g/mol. The largest absolute Gasteiger partial charge is 0.312 e. The van der Waals surface area contributed by atoms with Crippen molar-refractivity contribution >= 4 is 0 Å². The summed E-state index contributed by atoms with van der Waals surface area (Å²) in [5, 5.41) is 3.86. The normalized spacial score (nSPS) is 28.6. The van der Waals surface area contributed by atoms with Crippen LogP contribution in [0.1, 0.15) is 78.6 Å². The summed E-state index contributed by atoms with van der Waals surface area (Å²) < 4.78 is 0. The Morgan fingerprint density at radius 1 is 1.00 bits per heavy atom. The molecule has 0 aromatic heterocycles. The average Bonchev–Trinajstić information content (AvgIpc) is 2.97. The van der Waals surface area contributed by atoms with Crippen LogP contribution >= 0.6 is 0 Å². The molecule has 20 heavy (non-hydrogen) atoms. The van der Waals surface area contributed by atoms with Crippen molar-refractivity contribution in [1.82, 2.24) is 10.2 Å². The van der Waals surface area contributed by atoms with Gasteiger partial charge in [-0.05, 0) is 44.6 Å². The van der Waals surface area contributed by atoms with Gasteiger partial charge in [0.2, 0.25) is 0 Å². The maximum atomic E-state index is 3.86. The number of nitrogens with one attached hydrogen (secondary N) is 1. The van der Waals surface area contributed by atoms with E-state index in [1.807, 2.05) is 0 Å². The van der Waals surface area contributed by atoms with Crippen LogP contribution in [0.3, 0.4) is 0 Å². The van der Waals surface area contributed by atoms with Crippen LogP contribution in [0.25, 0.3) is 0 Å². The topological polar surface area (TPSA) is 15.3 Å². The minimum Gasteiger partial charge on any atom is -0.312 e. The molecule has 0 heterocycles. The van der Waals surface area contributed by atoms with Crippen molar-refractivity contribution in [3.8, 4) is 0 Å². The van der Waals surface area contributed by atoms with Gasteiger partial charge in [0, 0.05) is 24.7 Å². The Kier molecular flexibility index (Phi) is 6.83. The first-order valence-corrected chi connectivity index (χ1v) is 9.21. The Morgan fingerprint density at radius 2 is 1.65 bits per heavy atom. The maximum absolute atomic E-state index is 3.86. The third-order valence-corrected chi connectivity index (χ3v) is 5.18. The lowest BCUT2D eigenvalue weighted by atomic mass is 9.87. The quantitative estimate of drug-likeness (QED) is 0.752. The van der Waals surface area contributed by atoms with Crippen molar-refractivity contribution < 1.29 is 0 Å². The SMILES string of the molecule is CCCNC1CCCCC1N(CC(C)C)C1CCCC1.